The number of ether oxygens (including phenoxy) is 1. The Morgan fingerprint density at radius 3 is 2.58 bits per heavy atom. The third-order valence-corrected chi connectivity index (χ3v) is 7.42. The van der Waals surface area contributed by atoms with Gasteiger partial charge in [-0.05, 0) is 51.7 Å². The van der Waals surface area contributed by atoms with Crippen molar-refractivity contribution in [2.24, 2.45) is 11.7 Å². The molecule has 0 bridgehead atoms. The number of nitrogens with two attached hydrogens (primary N) is 1. The summed E-state index contributed by atoms with van der Waals surface area (Å²) in [6.45, 7) is 7.43. The molecule has 9 nitrogen and oxygen atoms in total. The van der Waals surface area contributed by atoms with Gasteiger partial charge in [-0.15, -0.1) is 0 Å². The zero-order valence-electron chi connectivity index (χ0n) is 21.4. The number of nitrogens with one attached hydrogen (secondary N) is 2. The van der Waals surface area contributed by atoms with Crippen LogP contribution in [-0.4, -0.2) is 53.0 Å². The fourth-order valence-electron chi connectivity index (χ4n) is 5.47. The highest BCUT2D eigenvalue weighted by molar-refractivity contribution is 6.08. The van der Waals surface area contributed by atoms with E-state index in [0.29, 0.717) is 41.6 Å². The number of para-hydroxylation sites is 1. The first-order chi connectivity index (χ1) is 17.3. The highest BCUT2D eigenvalue weighted by Crippen LogP contribution is 2.35. The summed E-state index contributed by atoms with van der Waals surface area (Å²) < 4.78 is 7.61. The molecule has 4 rings (SSSR count). The second-order valence-electron chi connectivity index (χ2n) is 9.52. The van der Waals surface area contributed by atoms with Gasteiger partial charge in [0.05, 0.1) is 31.3 Å². The molecule has 9 heteroatoms. The van der Waals surface area contributed by atoms with E-state index in [0.717, 1.165) is 29.4 Å². The molecule has 36 heavy (non-hydrogen) atoms. The molecule has 1 saturated heterocycles. The largest absolute Gasteiger partial charge is 0.496 e. The summed E-state index contributed by atoms with van der Waals surface area (Å²) in [6, 6.07) is 9.79. The lowest BCUT2D eigenvalue weighted by atomic mass is 9.90. The predicted octanol–water partition coefficient (Wildman–Crippen LogP) is 2.64. The molecule has 1 aliphatic rings. The molecule has 2 aromatic heterocycles. The number of nitrogens with zero attached hydrogens (tertiary/aromatic N) is 2. The molecule has 4 N–H and O–H groups in total. The summed E-state index contributed by atoms with van der Waals surface area (Å²) in [5.41, 5.74) is 8.82. The van der Waals surface area contributed by atoms with E-state index in [4.69, 9.17) is 10.5 Å². The maximum atomic E-state index is 13.5. The molecule has 1 fully saturated rings. The van der Waals surface area contributed by atoms with Crippen molar-refractivity contribution in [3.63, 3.8) is 0 Å². The van der Waals surface area contributed by atoms with Crippen molar-refractivity contribution in [1.82, 2.24) is 19.8 Å². The number of carbonyl (C=O) groups is 2. The number of carbonyl (C=O) groups excluding carboxylic acids is 2. The average Bonchev–Trinajstić information content (AvgIpc) is 3.18. The normalized spacial score (nSPS) is 15.2. The van der Waals surface area contributed by atoms with Gasteiger partial charge in [-0.1, -0.05) is 18.2 Å². The summed E-state index contributed by atoms with van der Waals surface area (Å²) in [4.78, 5) is 42.5. The molecule has 1 unspecified atom stereocenters. The maximum Gasteiger partial charge on any atom is 0.256 e. The molecule has 0 radical (unpaired) electrons. The molecule has 0 spiro atoms. The smallest absolute Gasteiger partial charge is 0.256 e. The van der Waals surface area contributed by atoms with Crippen LogP contribution in [0.4, 0.5) is 0 Å². The van der Waals surface area contributed by atoms with Crippen LogP contribution in [0.15, 0.2) is 35.1 Å². The van der Waals surface area contributed by atoms with Crippen molar-refractivity contribution in [3.8, 4) is 5.75 Å². The van der Waals surface area contributed by atoms with Crippen molar-refractivity contribution in [2.75, 3.05) is 26.7 Å². The third-order valence-electron chi connectivity index (χ3n) is 7.42. The molecule has 3 heterocycles. The van der Waals surface area contributed by atoms with Crippen LogP contribution in [0, 0.1) is 19.8 Å². The van der Waals surface area contributed by atoms with Gasteiger partial charge < -0.3 is 30.2 Å². The Hall–Kier alpha value is -3.59. The lowest BCUT2D eigenvalue weighted by Gasteiger charge is -2.36. The number of methoxy groups -OCH3 is 1. The van der Waals surface area contributed by atoms with E-state index in [-0.39, 0.29) is 36.5 Å². The Balaban J connectivity index is 1.60. The van der Waals surface area contributed by atoms with Crippen LogP contribution in [0.3, 0.4) is 0 Å². The van der Waals surface area contributed by atoms with Crippen molar-refractivity contribution >= 4 is 22.7 Å². The Bertz CT molecular complexity index is 1330. The number of piperidine rings is 1. The van der Waals surface area contributed by atoms with E-state index in [1.54, 1.807) is 13.0 Å². The number of pyridine rings is 1. The third kappa shape index (κ3) is 4.75. The molecule has 1 atom stereocenters. The molecule has 192 valence electrons. The van der Waals surface area contributed by atoms with Crippen LogP contribution in [0.5, 0.6) is 5.75 Å². The molecule has 0 saturated carbocycles. The second-order valence-corrected chi connectivity index (χ2v) is 9.52. The van der Waals surface area contributed by atoms with Gasteiger partial charge in [0.15, 0.2) is 0 Å². The molecular formula is C27H35N5O4. The van der Waals surface area contributed by atoms with E-state index in [1.165, 1.54) is 7.11 Å². The van der Waals surface area contributed by atoms with Gasteiger partial charge in [-0.3, -0.25) is 14.4 Å². The number of rotatable bonds is 7. The first-order valence-electron chi connectivity index (χ1n) is 12.4. The summed E-state index contributed by atoms with van der Waals surface area (Å²) >= 11 is 0. The monoisotopic (exact) mass is 493 g/mol. The summed E-state index contributed by atoms with van der Waals surface area (Å²) in [6.07, 6.45) is 1.77. The predicted molar refractivity (Wildman–Crippen MR) is 139 cm³/mol. The zero-order chi connectivity index (χ0) is 26.0. The number of likely N-dealkylation sites (tertiary alicyclic amines) is 1. The van der Waals surface area contributed by atoms with Crippen LogP contribution in [0.1, 0.15) is 53.1 Å². The summed E-state index contributed by atoms with van der Waals surface area (Å²) in [7, 11) is 1.51. The van der Waals surface area contributed by atoms with Crippen LogP contribution in [0.25, 0.3) is 10.9 Å². The molecular weight excluding hydrogens is 458 g/mol. The van der Waals surface area contributed by atoms with Gasteiger partial charge in [-0.25, -0.2) is 0 Å². The average molecular weight is 494 g/mol. The SMILES string of the molecule is COc1cc(C)[nH]c(=O)c1CNC(=O)c1c(C)n(C(C)C2CCN(C(=O)CN)CC2)c2ccccc12. The van der Waals surface area contributed by atoms with Gasteiger partial charge in [0.1, 0.15) is 5.75 Å². The standard InChI is InChI=1S/C27H35N5O4/c1-16-13-23(36-4)21(26(34)30-16)15-29-27(35)25-18(3)32(22-8-6-5-7-20(22)25)17(2)19-9-11-31(12-10-19)24(33)14-28/h5-8,13,17,19H,9-12,14-15,28H2,1-4H3,(H,29,35)(H,30,34). The number of benzene rings is 1. The highest BCUT2D eigenvalue weighted by atomic mass is 16.5. The lowest BCUT2D eigenvalue weighted by Crippen LogP contribution is -2.42. The Labute approximate surface area is 210 Å². The first kappa shape index (κ1) is 25.5. The number of amides is 2. The Morgan fingerprint density at radius 1 is 1.22 bits per heavy atom. The van der Waals surface area contributed by atoms with Crippen LogP contribution < -0.4 is 21.3 Å². The van der Waals surface area contributed by atoms with Crippen molar-refractivity contribution in [1.29, 1.82) is 0 Å². The van der Waals surface area contributed by atoms with E-state index >= 15 is 0 Å². The number of H-pyrrole nitrogens is 1. The Morgan fingerprint density at radius 2 is 1.92 bits per heavy atom. The maximum absolute atomic E-state index is 13.5. The summed E-state index contributed by atoms with van der Waals surface area (Å²) in [5.74, 6) is 0.572. The number of fused-ring (bicyclic) bond motifs is 1. The van der Waals surface area contributed by atoms with Crippen LogP contribution >= 0.6 is 0 Å². The van der Waals surface area contributed by atoms with Crippen molar-refractivity contribution in [2.45, 2.75) is 46.2 Å². The summed E-state index contributed by atoms with van der Waals surface area (Å²) in [5, 5.41) is 3.81. The highest BCUT2D eigenvalue weighted by Gasteiger charge is 2.30. The molecule has 3 aromatic rings. The lowest BCUT2D eigenvalue weighted by molar-refractivity contribution is -0.131. The van der Waals surface area contributed by atoms with Gasteiger partial charge >= 0.3 is 0 Å². The second kappa shape index (κ2) is 10.6. The van der Waals surface area contributed by atoms with E-state index in [9.17, 15) is 14.4 Å². The molecule has 1 aliphatic heterocycles. The quantitative estimate of drug-likeness (QED) is 0.467. The number of hydrogen-bond acceptors (Lipinski definition) is 5. The minimum atomic E-state index is -0.278. The van der Waals surface area contributed by atoms with Gasteiger partial charge in [0.2, 0.25) is 5.91 Å². The number of hydrogen-bond donors (Lipinski definition) is 3. The van der Waals surface area contributed by atoms with Crippen molar-refractivity contribution in [3.05, 3.63) is 63.2 Å². The van der Waals surface area contributed by atoms with Gasteiger partial charge in [0, 0.05) is 41.4 Å². The molecule has 1 aromatic carbocycles. The molecule has 0 aliphatic carbocycles. The van der Waals surface area contributed by atoms with Crippen molar-refractivity contribution < 1.29 is 14.3 Å². The number of aryl methyl sites for hydroxylation is 1. The van der Waals surface area contributed by atoms with Crippen LogP contribution in [-0.2, 0) is 11.3 Å². The topological polar surface area (TPSA) is 122 Å². The zero-order valence-corrected chi connectivity index (χ0v) is 21.4. The molecule has 2 amide bonds. The van der Waals surface area contributed by atoms with Gasteiger partial charge in [-0.2, -0.15) is 0 Å². The number of aromatic amines is 1. The van der Waals surface area contributed by atoms with E-state index in [1.807, 2.05) is 36.1 Å². The Kier molecular flexibility index (Phi) is 7.49. The van der Waals surface area contributed by atoms with Crippen LogP contribution in [0.2, 0.25) is 0 Å². The number of aromatic nitrogens is 2. The van der Waals surface area contributed by atoms with E-state index in [2.05, 4.69) is 21.8 Å². The fraction of sp³-hybridized carbons (Fsp3) is 0.444. The van der Waals surface area contributed by atoms with Gasteiger partial charge in [0.25, 0.3) is 11.5 Å². The minimum Gasteiger partial charge on any atom is -0.496 e. The van der Waals surface area contributed by atoms with E-state index < -0.39 is 0 Å². The first-order valence-corrected chi connectivity index (χ1v) is 12.4. The fourth-order valence-corrected chi connectivity index (χ4v) is 5.47. The minimum absolute atomic E-state index is 0.00769.